The van der Waals surface area contributed by atoms with E-state index in [1.807, 2.05) is 0 Å². The summed E-state index contributed by atoms with van der Waals surface area (Å²) in [4.78, 5) is 0. The summed E-state index contributed by atoms with van der Waals surface area (Å²) in [5, 5.41) is 0. The highest BCUT2D eigenvalue weighted by molar-refractivity contribution is 4.98. The van der Waals surface area contributed by atoms with Crippen LogP contribution >= 0.6 is 0 Å². The fourth-order valence-electron chi connectivity index (χ4n) is 5.18. The Morgan fingerprint density at radius 3 is 2.20 bits per heavy atom. The van der Waals surface area contributed by atoms with E-state index in [4.69, 9.17) is 10.5 Å². The minimum Gasteiger partial charge on any atom is -0.375 e. The molecule has 2 atom stereocenters. The minimum absolute atomic E-state index is 0.212. The maximum absolute atomic E-state index is 6.79. The average molecular weight is 279 g/mol. The molecule has 0 aromatic heterocycles. The largest absolute Gasteiger partial charge is 0.375 e. The molecule has 20 heavy (non-hydrogen) atoms. The lowest BCUT2D eigenvalue weighted by Crippen LogP contribution is -2.52. The van der Waals surface area contributed by atoms with Crippen LogP contribution in [0.15, 0.2) is 0 Å². The quantitative estimate of drug-likeness (QED) is 0.812. The predicted molar refractivity (Wildman–Crippen MR) is 83.7 cm³/mol. The molecule has 116 valence electrons. The van der Waals surface area contributed by atoms with E-state index >= 15 is 0 Å². The van der Waals surface area contributed by atoms with Gasteiger partial charge in [0.15, 0.2) is 0 Å². The van der Waals surface area contributed by atoms with Crippen molar-refractivity contribution in [2.24, 2.45) is 17.1 Å². The van der Waals surface area contributed by atoms with E-state index < -0.39 is 0 Å². The third-order valence-electron chi connectivity index (χ3n) is 6.60. The summed E-state index contributed by atoms with van der Waals surface area (Å²) < 4.78 is 6.25. The highest BCUT2D eigenvalue weighted by Crippen LogP contribution is 2.47. The Bertz CT molecular complexity index is 297. The lowest BCUT2D eigenvalue weighted by Gasteiger charge is -2.49. The van der Waals surface area contributed by atoms with Crippen LogP contribution in [0, 0.1) is 11.3 Å². The number of nitrogens with two attached hydrogens (primary N) is 1. The van der Waals surface area contributed by atoms with Crippen LogP contribution in [0.1, 0.15) is 84.0 Å². The van der Waals surface area contributed by atoms with E-state index in [0.717, 1.165) is 6.61 Å². The van der Waals surface area contributed by atoms with E-state index in [9.17, 15) is 0 Å². The van der Waals surface area contributed by atoms with Gasteiger partial charge >= 0.3 is 0 Å². The van der Waals surface area contributed by atoms with E-state index in [0.29, 0.717) is 17.4 Å². The second kappa shape index (κ2) is 5.96. The maximum atomic E-state index is 6.79. The molecular weight excluding hydrogens is 246 g/mol. The minimum atomic E-state index is 0.212. The zero-order valence-electron chi connectivity index (χ0n) is 13.3. The Morgan fingerprint density at radius 2 is 1.55 bits per heavy atom. The third-order valence-corrected chi connectivity index (χ3v) is 6.60. The van der Waals surface area contributed by atoms with E-state index in [1.54, 1.807) is 0 Å². The van der Waals surface area contributed by atoms with Crippen molar-refractivity contribution in [1.29, 1.82) is 0 Å². The van der Waals surface area contributed by atoms with E-state index in [2.05, 4.69) is 6.92 Å². The predicted octanol–water partition coefficient (Wildman–Crippen LogP) is 4.41. The SMILES string of the molecule is CC1(C(N)C2CCOC3(CCCCC3)C2)CCCCC1. The first-order chi connectivity index (χ1) is 9.64. The molecule has 0 amide bonds. The first-order valence-corrected chi connectivity index (χ1v) is 9.03. The molecule has 2 aliphatic carbocycles. The fraction of sp³-hybridized carbons (Fsp3) is 1.00. The van der Waals surface area contributed by atoms with E-state index in [-0.39, 0.29) is 5.60 Å². The van der Waals surface area contributed by atoms with Gasteiger partial charge < -0.3 is 10.5 Å². The molecule has 1 saturated heterocycles. The van der Waals surface area contributed by atoms with E-state index in [1.165, 1.54) is 77.0 Å². The van der Waals surface area contributed by atoms with Gasteiger partial charge in [0.1, 0.15) is 0 Å². The summed E-state index contributed by atoms with van der Waals surface area (Å²) >= 11 is 0. The molecule has 3 rings (SSSR count). The summed E-state index contributed by atoms with van der Waals surface area (Å²) in [6, 6.07) is 0.394. The van der Waals surface area contributed by atoms with Crippen LogP contribution in [-0.4, -0.2) is 18.2 Å². The Labute approximate surface area is 124 Å². The van der Waals surface area contributed by atoms with Crippen LogP contribution in [0.3, 0.4) is 0 Å². The van der Waals surface area contributed by atoms with Crippen LogP contribution in [0.4, 0.5) is 0 Å². The maximum Gasteiger partial charge on any atom is 0.0685 e. The van der Waals surface area contributed by atoms with Crippen molar-refractivity contribution < 1.29 is 4.74 Å². The molecule has 3 aliphatic rings. The molecule has 0 radical (unpaired) electrons. The molecule has 2 heteroatoms. The van der Waals surface area contributed by atoms with Crippen molar-refractivity contribution in [3.8, 4) is 0 Å². The highest BCUT2D eigenvalue weighted by atomic mass is 16.5. The zero-order chi connectivity index (χ0) is 14.1. The van der Waals surface area contributed by atoms with Crippen LogP contribution in [0.2, 0.25) is 0 Å². The Morgan fingerprint density at radius 1 is 0.950 bits per heavy atom. The van der Waals surface area contributed by atoms with Gasteiger partial charge in [0.2, 0.25) is 0 Å². The van der Waals surface area contributed by atoms with Gasteiger partial charge in [-0.15, -0.1) is 0 Å². The number of ether oxygens (including phenoxy) is 1. The molecular formula is C18H33NO. The molecule has 0 aromatic rings. The van der Waals surface area contributed by atoms with Crippen molar-refractivity contribution in [3.63, 3.8) is 0 Å². The average Bonchev–Trinajstić information content (AvgIpc) is 2.48. The summed E-state index contributed by atoms with van der Waals surface area (Å²) in [5.74, 6) is 0.699. The van der Waals surface area contributed by atoms with Gasteiger partial charge in [-0.25, -0.2) is 0 Å². The molecule has 2 N–H and O–H groups in total. The Kier molecular flexibility index (Phi) is 4.42. The van der Waals surface area contributed by atoms with Crippen molar-refractivity contribution in [1.82, 2.24) is 0 Å². The monoisotopic (exact) mass is 279 g/mol. The second-order valence-electron chi connectivity index (χ2n) is 8.09. The van der Waals surface area contributed by atoms with Gasteiger partial charge in [0.05, 0.1) is 5.60 Å². The standard InChI is InChI=1S/C18H33NO/c1-17(9-4-2-5-10-17)16(19)15-8-13-20-18(14-15)11-6-3-7-12-18/h15-16H,2-14,19H2,1H3. The molecule has 1 spiro atoms. The number of hydrogen-bond donors (Lipinski definition) is 1. The number of hydrogen-bond acceptors (Lipinski definition) is 2. The van der Waals surface area contributed by atoms with Crippen molar-refractivity contribution in [3.05, 3.63) is 0 Å². The van der Waals surface area contributed by atoms with Crippen LogP contribution in [-0.2, 0) is 4.74 Å². The zero-order valence-corrected chi connectivity index (χ0v) is 13.3. The first kappa shape index (κ1) is 14.8. The highest BCUT2D eigenvalue weighted by Gasteiger charge is 2.44. The summed E-state index contributed by atoms with van der Waals surface area (Å²) in [6.07, 6.45) is 16.0. The summed E-state index contributed by atoms with van der Waals surface area (Å²) in [6.45, 7) is 3.41. The molecule has 0 bridgehead atoms. The molecule has 2 nitrogen and oxygen atoms in total. The molecule has 3 fully saturated rings. The Balaban J connectivity index is 1.66. The molecule has 2 saturated carbocycles. The molecule has 1 heterocycles. The first-order valence-electron chi connectivity index (χ1n) is 9.03. The van der Waals surface area contributed by atoms with Gasteiger partial charge in [0, 0.05) is 12.6 Å². The molecule has 0 aromatic carbocycles. The lowest BCUT2D eigenvalue weighted by atomic mass is 9.63. The van der Waals surface area contributed by atoms with Gasteiger partial charge in [-0.2, -0.15) is 0 Å². The van der Waals surface area contributed by atoms with Gasteiger partial charge in [-0.1, -0.05) is 45.4 Å². The smallest absolute Gasteiger partial charge is 0.0685 e. The normalized spacial score (nSPS) is 34.8. The molecule has 1 aliphatic heterocycles. The second-order valence-corrected chi connectivity index (χ2v) is 8.09. The van der Waals surface area contributed by atoms with Gasteiger partial charge in [-0.3, -0.25) is 0 Å². The van der Waals surface area contributed by atoms with Crippen LogP contribution < -0.4 is 5.73 Å². The molecule has 2 unspecified atom stereocenters. The summed E-state index contributed by atoms with van der Waals surface area (Å²) in [7, 11) is 0. The van der Waals surface area contributed by atoms with Crippen molar-refractivity contribution >= 4 is 0 Å². The van der Waals surface area contributed by atoms with Gasteiger partial charge in [-0.05, 0) is 49.9 Å². The van der Waals surface area contributed by atoms with Gasteiger partial charge in [0.25, 0.3) is 0 Å². The fourth-order valence-corrected chi connectivity index (χ4v) is 5.18. The van der Waals surface area contributed by atoms with Crippen molar-refractivity contribution in [2.75, 3.05) is 6.61 Å². The van der Waals surface area contributed by atoms with Crippen LogP contribution in [0.25, 0.3) is 0 Å². The summed E-state index contributed by atoms with van der Waals surface area (Å²) in [5.41, 5.74) is 7.40. The van der Waals surface area contributed by atoms with Crippen LogP contribution in [0.5, 0.6) is 0 Å². The Hall–Kier alpha value is -0.0800. The number of rotatable bonds is 2. The van der Waals surface area contributed by atoms with Crippen molar-refractivity contribution in [2.45, 2.75) is 95.6 Å². The lowest BCUT2D eigenvalue weighted by molar-refractivity contribution is -0.126. The topological polar surface area (TPSA) is 35.2 Å². The third kappa shape index (κ3) is 2.92.